The minimum absolute atomic E-state index is 0.0586. The zero-order valence-corrected chi connectivity index (χ0v) is 41.4. The highest BCUT2D eigenvalue weighted by Crippen LogP contribution is 2.43. The second-order valence-corrected chi connectivity index (χ2v) is 20.4. The maximum atomic E-state index is 12.9. The topological polar surface area (TPSA) is 105 Å². The summed E-state index contributed by atoms with van der Waals surface area (Å²) in [6.45, 7) is 4.82. The Morgan fingerprint density at radius 1 is 0.550 bits per heavy atom. The van der Waals surface area contributed by atoms with Crippen LogP contribution >= 0.6 is 7.82 Å². The van der Waals surface area contributed by atoms with E-state index in [-0.39, 0.29) is 19.1 Å². The summed E-state index contributed by atoms with van der Waals surface area (Å²) in [6.07, 6.45) is 52.6. The molecular weight excluding hydrogens is 768 g/mol. The Kier molecular flexibility index (Phi) is 42.5. The molecule has 8 nitrogen and oxygen atoms in total. The summed E-state index contributed by atoms with van der Waals surface area (Å²) >= 11 is 0. The Hall–Kier alpha value is -1.02. The molecule has 0 heterocycles. The van der Waals surface area contributed by atoms with E-state index in [9.17, 15) is 19.4 Å². The highest BCUT2D eigenvalue weighted by molar-refractivity contribution is 7.47. The minimum Gasteiger partial charge on any atom is -0.387 e. The lowest BCUT2D eigenvalue weighted by Crippen LogP contribution is -2.45. The van der Waals surface area contributed by atoms with Gasteiger partial charge in [-0.3, -0.25) is 13.8 Å². The van der Waals surface area contributed by atoms with E-state index in [4.69, 9.17) is 9.05 Å². The Morgan fingerprint density at radius 2 is 0.917 bits per heavy atom. The van der Waals surface area contributed by atoms with Gasteiger partial charge in [-0.1, -0.05) is 231 Å². The van der Waals surface area contributed by atoms with E-state index in [0.29, 0.717) is 17.4 Å². The van der Waals surface area contributed by atoms with Crippen molar-refractivity contribution in [3.8, 4) is 0 Å². The van der Waals surface area contributed by atoms with E-state index in [2.05, 4.69) is 31.3 Å². The van der Waals surface area contributed by atoms with Gasteiger partial charge in [0.25, 0.3) is 0 Å². The second-order valence-electron chi connectivity index (χ2n) is 18.9. The number of likely N-dealkylation sites (N-methyl/N-ethyl adjacent to an activating group) is 1. The van der Waals surface area contributed by atoms with Gasteiger partial charge in [0.05, 0.1) is 39.9 Å². The largest absolute Gasteiger partial charge is 0.472 e. The SMILES string of the molecule is CCCCCCCCCCCCCC/C=C/CC/C=C/C(O)C(COP(=O)(O)OCC[N+](C)(C)C)NC(=O)CCCCCCCCCCCCCCCCCCCCCC. The Morgan fingerprint density at radius 3 is 1.33 bits per heavy atom. The molecule has 0 radical (unpaired) electrons. The van der Waals surface area contributed by atoms with Gasteiger partial charge in [-0.25, -0.2) is 4.57 Å². The van der Waals surface area contributed by atoms with Crippen molar-refractivity contribution in [3.05, 3.63) is 24.3 Å². The van der Waals surface area contributed by atoms with Crippen molar-refractivity contribution >= 4 is 13.7 Å². The Bertz CT molecular complexity index is 1030. The molecule has 3 atom stereocenters. The number of amides is 1. The molecule has 0 saturated carbocycles. The number of phosphoric acid groups is 1. The number of rotatable bonds is 47. The predicted molar refractivity (Wildman–Crippen MR) is 258 cm³/mol. The molecule has 0 aliphatic rings. The maximum absolute atomic E-state index is 12.9. The lowest BCUT2D eigenvalue weighted by atomic mass is 10.0. The fourth-order valence-electron chi connectivity index (χ4n) is 7.59. The van der Waals surface area contributed by atoms with Crippen LogP contribution in [0, 0.1) is 0 Å². The van der Waals surface area contributed by atoms with Crippen LogP contribution in [-0.2, 0) is 18.4 Å². The number of aliphatic hydroxyl groups is 1. The van der Waals surface area contributed by atoms with Crippen LogP contribution in [0.1, 0.15) is 245 Å². The molecule has 0 rings (SSSR count). The monoisotopic (exact) mass is 870 g/mol. The van der Waals surface area contributed by atoms with Crippen molar-refractivity contribution in [2.75, 3.05) is 40.9 Å². The number of hydrogen-bond acceptors (Lipinski definition) is 5. The van der Waals surface area contributed by atoms with Gasteiger partial charge >= 0.3 is 7.82 Å². The first kappa shape index (κ1) is 59.0. The van der Waals surface area contributed by atoms with Gasteiger partial charge in [0.15, 0.2) is 0 Å². The number of carbonyl (C=O) groups is 1. The quantitative estimate of drug-likeness (QED) is 0.0243. The zero-order chi connectivity index (χ0) is 44.3. The fraction of sp³-hybridized carbons (Fsp3) is 0.902. The molecule has 9 heteroatoms. The van der Waals surface area contributed by atoms with Crippen LogP contribution in [-0.4, -0.2) is 73.4 Å². The molecule has 0 bridgehead atoms. The van der Waals surface area contributed by atoms with Crippen molar-refractivity contribution in [3.63, 3.8) is 0 Å². The normalized spacial score (nSPS) is 14.3. The summed E-state index contributed by atoms with van der Waals surface area (Å²) in [7, 11) is 1.56. The molecule has 3 N–H and O–H groups in total. The second kappa shape index (κ2) is 43.2. The molecule has 356 valence electrons. The van der Waals surface area contributed by atoms with Crippen LogP contribution < -0.4 is 5.32 Å². The number of carbonyl (C=O) groups excluding carboxylic acids is 1. The molecule has 0 aromatic rings. The lowest BCUT2D eigenvalue weighted by Gasteiger charge is -2.25. The highest BCUT2D eigenvalue weighted by atomic mass is 31.2. The molecule has 1 amide bonds. The van der Waals surface area contributed by atoms with Crippen LogP contribution in [0.15, 0.2) is 24.3 Å². The van der Waals surface area contributed by atoms with Gasteiger partial charge in [-0.15, -0.1) is 0 Å². The van der Waals surface area contributed by atoms with Crippen LogP contribution in [0.2, 0.25) is 0 Å². The van der Waals surface area contributed by atoms with Gasteiger partial charge in [0.2, 0.25) is 5.91 Å². The summed E-state index contributed by atoms with van der Waals surface area (Å²) in [6, 6.07) is -0.859. The molecule has 0 spiro atoms. The summed E-state index contributed by atoms with van der Waals surface area (Å²) in [5, 5.41) is 13.9. The number of aliphatic hydroxyl groups excluding tert-OH is 1. The molecule has 0 aromatic carbocycles. The number of unbranched alkanes of at least 4 members (excludes halogenated alkanes) is 32. The third-order valence-electron chi connectivity index (χ3n) is 11.7. The van der Waals surface area contributed by atoms with Crippen LogP contribution in [0.25, 0.3) is 0 Å². The van der Waals surface area contributed by atoms with E-state index in [1.165, 1.54) is 186 Å². The van der Waals surface area contributed by atoms with Crippen molar-refractivity contribution in [1.29, 1.82) is 0 Å². The molecule has 0 aromatic heterocycles. The predicted octanol–water partition coefficient (Wildman–Crippen LogP) is 14.9. The number of phosphoric ester groups is 1. The first-order valence-corrected chi connectivity index (χ1v) is 27.2. The molecular formula is C51H102N2O6P+. The van der Waals surface area contributed by atoms with E-state index in [1.807, 2.05) is 27.2 Å². The lowest BCUT2D eigenvalue weighted by molar-refractivity contribution is -0.870. The number of allylic oxidation sites excluding steroid dienone is 3. The van der Waals surface area contributed by atoms with E-state index >= 15 is 0 Å². The first-order valence-electron chi connectivity index (χ1n) is 25.7. The number of hydrogen-bond donors (Lipinski definition) is 3. The van der Waals surface area contributed by atoms with Gasteiger partial charge in [0, 0.05) is 6.42 Å². The highest BCUT2D eigenvalue weighted by Gasteiger charge is 2.27. The summed E-state index contributed by atoms with van der Waals surface area (Å²) in [5.41, 5.74) is 0. The van der Waals surface area contributed by atoms with Gasteiger partial charge in [-0.2, -0.15) is 0 Å². The fourth-order valence-corrected chi connectivity index (χ4v) is 8.32. The Balaban J connectivity index is 4.32. The van der Waals surface area contributed by atoms with Crippen LogP contribution in [0.4, 0.5) is 0 Å². The van der Waals surface area contributed by atoms with E-state index < -0.39 is 20.0 Å². The van der Waals surface area contributed by atoms with Crippen molar-refractivity contribution in [1.82, 2.24) is 5.32 Å². The molecule has 0 fully saturated rings. The molecule has 60 heavy (non-hydrogen) atoms. The molecule has 3 unspecified atom stereocenters. The third kappa shape index (κ3) is 45.0. The summed E-state index contributed by atoms with van der Waals surface area (Å²) in [5.74, 6) is -0.182. The molecule has 0 aliphatic heterocycles. The maximum Gasteiger partial charge on any atom is 0.472 e. The molecule has 0 aliphatic carbocycles. The Labute approximate surface area is 373 Å². The van der Waals surface area contributed by atoms with Gasteiger partial charge in [-0.05, 0) is 32.1 Å². The van der Waals surface area contributed by atoms with E-state index in [1.54, 1.807) is 6.08 Å². The van der Waals surface area contributed by atoms with Crippen molar-refractivity contribution < 1.29 is 32.9 Å². The van der Waals surface area contributed by atoms with Crippen molar-refractivity contribution in [2.45, 2.75) is 257 Å². The zero-order valence-electron chi connectivity index (χ0n) is 40.5. The average Bonchev–Trinajstić information content (AvgIpc) is 3.20. The minimum atomic E-state index is -4.35. The average molecular weight is 870 g/mol. The van der Waals surface area contributed by atoms with Crippen molar-refractivity contribution in [2.24, 2.45) is 0 Å². The number of quaternary nitrogens is 1. The van der Waals surface area contributed by atoms with Gasteiger partial charge in [0.1, 0.15) is 13.2 Å². The molecule has 0 saturated heterocycles. The third-order valence-corrected chi connectivity index (χ3v) is 12.7. The number of nitrogens with one attached hydrogen (secondary N) is 1. The standard InChI is InChI=1S/C51H101N2O6P/c1-6-8-10-12-14-16-18-20-22-24-26-27-29-31-33-35-37-39-41-43-45-51(55)52-49(48-59-60(56,57)58-47-46-53(3,4)5)50(54)44-42-40-38-36-34-32-30-28-25-23-21-19-17-15-13-11-9-7-2/h34,36,42,44,49-50,54H,6-33,35,37-41,43,45-48H2,1-5H3,(H-,52,55,56,57)/p+1/b36-34+,44-42+. The van der Waals surface area contributed by atoms with Crippen LogP contribution in [0.3, 0.4) is 0 Å². The summed E-state index contributed by atoms with van der Waals surface area (Å²) < 4.78 is 23.6. The summed E-state index contributed by atoms with van der Waals surface area (Å²) in [4.78, 5) is 23.2. The first-order chi connectivity index (χ1) is 29.0. The van der Waals surface area contributed by atoms with Crippen LogP contribution in [0.5, 0.6) is 0 Å². The number of nitrogens with zero attached hydrogens (tertiary/aromatic N) is 1. The van der Waals surface area contributed by atoms with Gasteiger partial charge < -0.3 is 19.8 Å². The van der Waals surface area contributed by atoms with E-state index in [0.717, 1.165) is 38.5 Å². The smallest absolute Gasteiger partial charge is 0.387 e.